The quantitative estimate of drug-likeness (QED) is 0.746. The lowest BCUT2D eigenvalue weighted by molar-refractivity contribution is 0.0694. The molecule has 5 heteroatoms. The number of nitrogens with one attached hydrogen (secondary N) is 1. The summed E-state index contributed by atoms with van der Waals surface area (Å²) in [6.45, 7) is 3.80. The number of pyridine rings is 1. The Kier molecular flexibility index (Phi) is 5.34. The Labute approximate surface area is 121 Å². The first-order valence-electron chi connectivity index (χ1n) is 7.17. The van der Waals surface area contributed by atoms with Crippen molar-refractivity contribution in [1.29, 1.82) is 0 Å². The molecule has 0 radical (unpaired) electrons. The average Bonchev–Trinajstić information content (AvgIpc) is 3.20. The lowest BCUT2D eigenvalue weighted by atomic mass is 10.2. The fourth-order valence-electron chi connectivity index (χ4n) is 2.32. The molecule has 0 amide bonds. The van der Waals surface area contributed by atoms with Gasteiger partial charge in [0.25, 0.3) is 0 Å². The first-order chi connectivity index (χ1) is 9.60. The fourth-order valence-corrected chi connectivity index (χ4v) is 2.32. The van der Waals surface area contributed by atoms with Crippen molar-refractivity contribution >= 4 is 5.82 Å². The van der Waals surface area contributed by atoms with Crippen LogP contribution in [0.15, 0.2) is 12.3 Å². The molecular weight excluding hydrogens is 254 g/mol. The Bertz CT molecular complexity index is 435. The fraction of sp³-hybridized carbons (Fsp3) is 0.667. The van der Waals surface area contributed by atoms with Crippen LogP contribution >= 0.6 is 0 Å². The number of hydrogen-bond acceptors (Lipinski definition) is 5. The predicted molar refractivity (Wildman–Crippen MR) is 80.0 cm³/mol. The molecule has 20 heavy (non-hydrogen) atoms. The summed E-state index contributed by atoms with van der Waals surface area (Å²) in [6, 6.07) is 2.87. The maximum Gasteiger partial charge on any atom is 0.131 e. The number of hydrogen-bond donors (Lipinski definition) is 2. The number of aliphatic hydroxyl groups excluding tert-OH is 1. The van der Waals surface area contributed by atoms with Crippen LogP contribution in [-0.2, 0) is 11.3 Å². The molecule has 1 aromatic rings. The Balaban J connectivity index is 1.93. The molecular formula is C15H25N3O2. The molecule has 0 aromatic carbocycles. The van der Waals surface area contributed by atoms with Crippen LogP contribution in [0, 0.1) is 6.92 Å². The van der Waals surface area contributed by atoms with Gasteiger partial charge < -0.3 is 20.1 Å². The van der Waals surface area contributed by atoms with Gasteiger partial charge in [-0.15, -0.1) is 0 Å². The minimum absolute atomic E-state index is 0.340. The van der Waals surface area contributed by atoms with Gasteiger partial charge in [-0.1, -0.05) is 0 Å². The van der Waals surface area contributed by atoms with Gasteiger partial charge in [0.2, 0.25) is 0 Å². The van der Waals surface area contributed by atoms with Gasteiger partial charge in [0.05, 0.1) is 12.7 Å². The molecule has 1 aliphatic rings. The molecule has 2 rings (SSSR count). The van der Waals surface area contributed by atoms with Crippen molar-refractivity contribution in [2.45, 2.75) is 38.5 Å². The maximum absolute atomic E-state index is 9.77. The van der Waals surface area contributed by atoms with Crippen LogP contribution in [-0.4, -0.2) is 49.5 Å². The van der Waals surface area contributed by atoms with Gasteiger partial charge >= 0.3 is 0 Å². The molecule has 1 unspecified atom stereocenters. The number of nitrogens with zero attached hydrogens (tertiary/aromatic N) is 2. The van der Waals surface area contributed by atoms with E-state index in [1.807, 2.05) is 18.1 Å². The Morgan fingerprint density at radius 3 is 2.90 bits per heavy atom. The first kappa shape index (κ1) is 15.2. The third-order valence-corrected chi connectivity index (χ3v) is 3.48. The van der Waals surface area contributed by atoms with E-state index in [-0.39, 0.29) is 0 Å². The minimum atomic E-state index is -0.498. The zero-order chi connectivity index (χ0) is 14.5. The summed E-state index contributed by atoms with van der Waals surface area (Å²) in [5.74, 6) is 0.912. The van der Waals surface area contributed by atoms with Crippen molar-refractivity contribution < 1.29 is 9.84 Å². The SMILES string of the molecule is COCC(O)CN(C)c1ncc(CNC2CC2)cc1C. The van der Waals surface area contributed by atoms with Gasteiger partial charge in [-0.2, -0.15) is 0 Å². The third kappa shape index (κ3) is 4.44. The standard InChI is InChI=1S/C15H25N3O2/c1-11-6-12(7-16-13-4-5-13)8-17-15(11)18(2)9-14(19)10-20-3/h6,8,13-14,16,19H,4-5,7,9-10H2,1-3H3. The number of anilines is 1. The van der Waals surface area contributed by atoms with Crippen LogP contribution in [0.5, 0.6) is 0 Å². The maximum atomic E-state index is 9.77. The number of aliphatic hydroxyl groups is 1. The van der Waals surface area contributed by atoms with Crippen LogP contribution in [0.25, 0.3) is 0 Å². The summed E-state index contributed by atoms with van der Waals surface area (Å²) in [7, 11) is 3.53. The molecule has 112 valence electrons. The number of likely N-dealkylation sites (N-methyl/N-ethyl adjacent to an activating group) is 1. The highest BCUT2D eigenvalue weighted by Crippen LogP contribution is 2.21. The molecule has 5 nitrogen and oxygen atoms in total. The minimum Gasteiger partial charge on any atom is -0.389 e. The van der Waals surface area contributed by atoms with Gasteiger partial charge in [0.1, 0.15) is 5.82 Å². The van der Waals surface area contributed by atoms with E-state index < -0.39 is 6.10 Å². The van der Waals surface area contributed by atoms with Crippen molar-refractivity contribution in [3.63, 3.8) is 0 Å². The largest absolute Gasteiger partial charge is 0.389 e. The average molecular weight is 279 g/mol. The van der Waals surface area contributed by atoms with E-state index in [4.69, 9.17) is 4.74 Å². The summed E-state index contributed by atoms with van der Waals surface area (Å²) < 4.78 is 4.94. The number of aryl methyl sites for hydroxylation is 1. The Hall–Kier alpha value is -1.17. The van der Waals surface area contributed by atoms with Crippen molar-refractivity contribution in [3.05, 3.63) is 23.4 Å². The first-order valence-corrected chi connectivity index (χ1v) is 7.17. The highest BCUT2D eigenvalue weighted by atomic mass is 16.5. The Morgan fingerprint density at radius 1 is 1.55 bits per heavy atom. The molecule has 2 N–H and O–H groups in total. The highest BCUT2D eigenvalue weighted by molar-refractivity contribution is 5.46. The van der Waals surface area contributed by atoms with E-state index in [9.17, 15) is 5.11 Å². The van der Waals surface area contributed by atoms with Crippen LogP contribution < -0.4 is 10.2 Å². The summed E-state index contributed by atoms with van der Waals surface area (Å²) in [6.07, 6.45) is 4.01. The topological polar surface area (TPSA) is 57.6 Å². The highest BCUT2D eigenvalue weighted by Gasteiger charge is 2.20. The second-order valence-electron chi connectivity index (χ2n) is 5.63. The van der Waals surface area contributed by atoms with Crippen LogP contribution in [0.1, 0.15) is 24.0 Å². The molecule has 0 saturated heterocycles. The van der Waals surface area contributed by atoms with Crippen molar-refractivity contribution in [2.75, 3.05) is 32.2 Å². The second-order valence-corrected chi connectivity index (χ2v) is 5.63. The van der Waals surface area contributed by atoms with E-state index in [1.54, 1.807) is 7.11 Å². The second kappa shape index (κ2) is 7.02. The van der Waals surface area contributed by atoms with Gasteiger partial charge in [-0.25, -0.2) is 4.98 Å². The molecule has 1 saturated carbocycles. The van der Waals surface area contributed by atoms with Crippen LogP contribution in [0.2, 0.25) is 0 Å². The number of ether oxygens (including phenoxy) is 1. The molecule has 1 aromatic heterocycles. The smallest absolute Gasteiger partial charge is 0.131 e. The normalized spacial score (nSPS) is 16.2. The monoisotopic (exact) mass is 279 g/mol. The number of rotatable bonds is 8. The number of methoxy groups -OCH3 is 1. The van der Waals surface area contributed by atoms with E-state index in [0.717, 1.165) is 17.9 Å². The van der Waals surface area contributed by atoms with Crippen molar-refractivity contribution in [3.8, 4) is 0 Å². The van der Waals surface area contributed by atoms with Gasteiger partial charge in [0, 0.05) is 39.5 Å². The summed E-state index contributed by atoms with van der Waals surface area (Å²) in [5, 5.41) is 13.3. The Morgan fingerprint density at radius 2 is 2.30 bits per heavy atom. The molecule has 1 fully saturated rings. The van der Waals surface area contributed by atoms with E-state index in [1.165, 1.54) is 18.4 Å². The predicted octanol–water partition coefficient (Wildman–Crippen LogP) is 1.09. The van der Waals surface area contributed by atoms with Crippen molar-refractivity contribution in [2.24, 2.45) is 0 Å². The lowest BCUT2D eigenvalue weighted by Crippen LogP contribution is -2.32. The lowest BCUT2D eigenvalue weighted by Gasteiger charge is -2.23. The van der Waals surface area contributed by atoms with Gasteiger partial charge in [-0.3, -0.25) is 0 Å². The van der Waals surface area contributed by atoms with E-state index in [0.29, 0.717) is 19.2 Å². The van der Waals surface area contributed by atoms with Crippen LogP contribution in [0.3, 0.4) is 0 Å². The summed E-state index contributed by atoms with van der Waals surface area (Å²) in [4.78, 5) is 6.49. The molecule has 1 atom stereocenters. The van der Waals surface area contributed by atoms with E-state index in [2.05, 4.69) is 23.3 Å². The zero-order valence-corrected chi connectivity index (χ0v) is 12.6. The van der Waals surface area contributed by atoms with Crippen molar-refractivity contribution in [1.82, 2.24) is 10.3 Å². The van der Waals surface area contributed by atoms with E-state index >= 15 is 0 Å². The van der Waals surface area contributed by atoms with Gasteiger partial charge in [0.15, 0.2) is 0 Å². The zero-order valence-electron chi connectivity index (χ0n) is 12.6. The molecule has 0 spiro atoms. The molecule has 1 heterocycles. The molecule has 0 bridgehead atoms. The molecule has 1 aliphatic carbocycles. The third-order valence-electron chi connectivity index (χ3n) is 3.48. The van der Waals surface area contributed by atoms with Gasteiger partial charge in [-0.05, 0) is 37.0 Å². The molecule has 0 aliphatic heterocycles. The summed E-state index contributed by atoms with van der Waals surface area (Å²) in [5.41, 5.74) is 2.34. The van der Waals surface area contributed by atoms with Crippen LogP contribution in [0.4, 0.5) is 5.82 Å². The summed E-state index contributed by atoms with van der Waals surface area (Å²) >= 11 is 0. The number of aromatic nitrogens is 1.